The number of carbonyl (C=O) groups excluding carboxylic acids is 2. The molecule has 1 N–H and O–H groups in total. The summed E-state index contributed by atoms with van der Waals surface area (Å²) in [5.74, 6) is -0.486. The number of amides is 2. The number of nitrogens with zero attached hydrogens (tertiary/aromatic N) is 2. The van der Waals surface area contributed by atoms with Crippen LogP contribution in [0, 0.1) is 0 Å². The Morgan fingerprint density at radius 1 is 0.906 bits per heavy atom. The number of sulfonamides is 1. The molecule has 3 heterocycles. The maximum absolute atomic E-state index is 13.3. The Labute approximate surface area is 195 Å². The lowest BCUT2D eigenvalue weighted by atomic mass is 10.0. The first-order chi connectivity index (χ1) is 15.4. The summed E-state index contributed by atoms with van der Waals surface area (Å²) in [6.45, 7) is 1.01. The number of benzene rings is 1. The van der Waals surface area contributed by atoms with Crippen molar-refractivity contribution < 1.29 is 18.0 Å². The van der Waals surface area contributed by atoms with E-state index in [9.17, 15) is 18.0 Å². The molecule has 1 aliphatic rings. The molecule has 0 radical (unpaired) electrons. The fourth-order valence-corrected chi connectivity index (χ4v) is 6.79. The highest BCUT2D eigenvalue weighted by Crippen LogP contribution is 2.22. The molecule has 0 spiro atoms. The van der Waals surface area contributed by atoms with Crippen molar-refractivity contribution in [3.05, 3.63) is 75.8 Å². The van der Waals surface area contributed by atoms with Crippen molar-refractivity contribution in [2.24, 2.45) is 0 Å². The third kappa shape index (κ3) is 5.09. The average Bonchev–Trinajstić information content (AvgIpc) is 3.54. The zero-order valence-corrected chi connectivity index (χ0v) is 19.7. The largest absolute Gasteiger partial charge is 0.339 e. The average molecular weight is 490 g/mol. The summed E-state index contributed by atoms with van der Waals surface area (Å²) in [6.07, 6.45) is 0.366. The zero-order valence-electron chi connectivity index (χ0n) is 17.2. The Kier molecular flexibility index (Phi) is 7.04. The highest BCUT2D eigenvalue weighted by atomic mass is 32.2. The molecule has 0 aliphatic carbocycles. The lowest BCUT2D eigenvalue weighted by molar-refractivity contribution is -0.134. The number of hydrogen-bond acceptors (Lipinski definition) is 6. The van der Waals surface area contributed by atoms with E-state index in [4.69, 9.17) is 0 Å². The van der Waals surface area contributed by atoms with E-state index in [1.807, 2.05) is 35.7 Å². The van der Waals surface area contributed by atoms with Gasteiger partial charge >= 0.3 is 0 Å². The molecule has 32 heavy (non-hydrogen) atoms. The van der Waals surface area contributed by atoms with Crippen molar-refractivity contribution >= 4 is 44.5 Å². The molecule has 0 bridgehead atoms. The minimum atomic E-state index is -3.54. The fraction of sp³-hybridized carbons (Fsp3) is 0.273. The van der Waals surface area contributed by atoms with Crippen LogP contribution in [0.3, 0.4) is 0 Å². The van der Waals surface area contributed by atoms with Gasteiger partial charge in [0.15, 0.2) is 0 Å². The van der Waals surface area contributed by atoms with E-state index in [2.05, 4.69) is 5.32 Å². The van der Waals surface area contributed by atoms with Crippen LogP contribution >= 0.6 is 22.7 Å². The van der Waals surface area contributed by atoms with Crippen molar-refractivity contribution in [1.82, 2.24) is 14.5 Å². The summed E-state index contributed by atoms with van der Waals surface area (Å²) in [4.78, 5) is 28.2. The number of hydrogen-bond donors (Lipinski definition) is 1. The van der Waals surface area contributed by atoms with Crippen molar-refractivity contribution in [2.45, 2.75) is 16.7 Å². The molecule has 168 valence electrons. The standard InChI is InChI=1S/C22H23N3O4S3/c26-21(19-8-4-14-30-19)23-18(16-17-6-2-1-3-7-17)22(27)24-10-12-25(13-11-24)32(28,29)20-9-5-15-31-20/h1-9,14-15,18H,10-13,16H2,(H,23,26)/t18-/m0/s1. The zero-order chi connectivity index (χ0) is 22.6. The number of piperazine rings is 1. The minimum absolute atomic E-state index is 0.202. The van der Waals surface area contributed by atoms with Crippen molar-refractivity contribution in [3.8, 4) is 0 Å². The van der Waals surface area contributed by atoms with Crippen LogP contribution in [0.5, 0.6) is 0 Å². The molecule has 2 aromatic heterocycles. The van der Waals surface area contributed by atoms with Gasteiger partial charge in [0.05, 0.1) is 4.88 Å². The first kappa shape index (κ1) is 22.7. The quantitative estimate of drug-likeness (QED) is 0.553. The van der Waals surface area contributed by atoms with Gasteiger partial charge in [-0.1, -0.05) is 42.5 Å². The Morgan fingerprint density at radius 3 is 2.22 bits per heavy atom. The Balaban J connectivity index is 1.45. The van der Waals surface area contributed by atoms with Gasteiger partial charge in [-0.25, -0.2) is 8.42 Å². The van der Waals surface area contributed by atoms with Crippen LogP contribution in [0.15, 0.2) is 69.6 Å². The van der Waals surface area contributed by atoms with Gasteiger partial charge in [0.2, 0.25) is 5.91 Å². The van der Waals surface area contributed by atoms with Crippen LogP contribution in [0.1, 0.15) is 15.2 Å². The first-order valence-electron chi connectivity index (χ1n) is 10.2. The molecule has 0 unspecified atom stereocenters. The highest BCUT2D eigenvalue weighted by Gasteiger charge is 2.33. The van der Waals surface area contributed by atoms with Crippen LogP contribution < -0.4 is 5.32 Å². The Hall–Kier alpha value is -2.53. The normalized spacial score (nSPS) is 15.9. The molecule has 1 fully saturated rings. The van der Waals surface area contributed by atoms with E-state index in [0.29, 0.717) is 15.5 Å². The maximum atomic E-state index is 13.3. The van der Waals surface area contributed by atoms with Gasteiger partial charge in [0, 0.05) is 32.6 Å². The highest BCUT2D eigenvalue weighted by molar-refractivity contribution is 7.91. The van der Waals surface area contributed by atoms with E-state index in [-0.39, 0.29) is 38.0 Å². The van der Waals surface area contributed by atoms with Crippen molar-refractivity contribution in [3.63, 3.8) is 0 Å². The predicted molar refractivity (Wildman–Crippen MR) is 125 cm³/mol. The Bertz CT molecular complexity index is 1140. The second kappa shape index (κ2) is 9.95. The van der Waals surface area contributed by atoms with E-state index < -0.39 is 16.1 Å². The minimum Gasteiger partial charge on any atom is -0.339 e. The van der Waals surface area contributed by atoms with Gasteiger partial charge < -0.3 is 10.2 Å². The molecule has 1 atom stereocenters. The van der Waals surface area contributed by atoms with E-state index in [1.54, 1.807) is 34.5 Å². The number of rotatable bonds is 7. The van der Waals surface area contributed by atoms with E-state index in [0.717, 1.165) is 5.56 Å². The van der Waals surface area contributed by atoms with E-state index >= 15 is 0 Å². The van der Waals surface area contributed by atoms with Crippen LogP contribution in [0.2, 0.25) is 0 Å². The SMILES string of the molecule is O=C(N[C@@H](Cc1ccccc1)C(=O)N1CCN(S(=O)(=O)c2cccs2)CC1)c1cccs1. The maximum Gasteiger partial charge on any atom is 0.262 e. The third-order valence-electron chi connectivity index (χ3n) is 5.27. The van der Waals surface area contributed by atoms with Crippen molar-refractivity contribution in [2.75, 3.05) is 26.2 Å². The number of carbonyl (C=O) groups is 2. The molecular formula is C22H23N3O4S3. The van der Waals surface area contributed by atoms with Gasteiger partial charge in [-0.2, -0.15) is 4.31 Å². The first-order valence-corrected chi connectivity index (χ1v) is 13.4. The summed E-state index contributed by atoms with van der Waals surface area (Å²) >= 11 is 2.50. The van der Waals surface area contributed by atoms with Crippen molar-refractivity contribution in [1.29, 1.82) is 0 Å². The van der Waals surface area contributed by atoms with Gasteiger partial charge in [-0.15, -0.1) is 22.7 Å². The Morgan fingerprint density at radius 2 is 1.59 bits per heavy atom. The van der Waals surface area contributed by atoms with Crippen LogP contribution in [-0.4, -0.2) is 61.7 Å². The van der Waals surface area contributed by atoms with Gasteiger partial charge in [0.25, 0.3) is 15.9 Å². The monoisotopic (exact) mass is 489 g/mol. The van der Waals surface area contributed by atoms with Gasteiger partial charge in [-0.3, -0.25) is 9.59 Å². The van der Waals surface area contributed by atoms with Crippen LogP contribution in [0.25, 0.3) is 0 Å². The molecule has 0 saturated carbocycles. The number of nitrogens with one attached hydrogen (secondary N) is 1. The second-order valence-corrected chi connectivity index (χ2v) is 11.4. The van der Waals surface area contributed by atoms with Gasteiger partial charge in [0.1, 0.15) is 10.3 Å². The van der Waals surface area contributed by atoms with Crippen LogP contribution in [0.4, 0.5) is 0 Å². The van der Waals surface area contributed by atoms with Gasteiger partial charge in [-0.05, 0) is 28.5 Å². The topological polar surface area (TPSA) is 86.8 Å². The molecule has 4 rings (SSSR count). The molecule has 3 aromatic rings. The fourth-order valence-electron chi connectivity index (χ4n) is 3.59. The number of thiophene rings is 2. The summed E-state index contributed by atoms with van der Waals surface area (Å²) in [5, 5.41) is 6.43. The summed E-state index contributed by atoms with van der Waals surface area (Å²) in [7, 11) is -3.54. The summed E-state index contributed by atoms with van der Waals surface area (Å²) < 4.78 is 27.2. The summed E-state index contributed by atoms with van der Waals surface area (Å²) in [6, 6.07) is 15.6. The third-order valence-corrected chi connectivity index (χ3v) is 9.41. The molecule has 7 nitrogen and oxygen atoms in total. The molecule has 1 aromatic carbocycles. The second-order valence-electron chi connectivity index (χ2n) is 7.35. The lowest BCUT2D eigenvalue weighted by Gasteiger charge is -2.35. The predicted octanol–water partition coefficient (Wildman–Crippen LogP) is 2.68. The molecule has 10 heteroatoms. The molecular weight excluding hydrogens is 466 g/mol. The lowest BCUT2D eigenvalue weighted by Crippen LogP contribution is -2.56. The van der Waals surface area contributed by atoms with Crippen LogP contribution in [-0.2, 0) is 21.2 Å². The molecule has 1 saturated heterocycles. The molecule has 1 aliphatic heterocycles. The van der Waals surface area contributed by atoms with E-state index in [1.165, 1.54) is 27.0 Å². The molecule has 2 amide bonds. The summed E-state index contributed by atoms with van der Waals surface area (Å²) in [5.41, 5.74) is 0.941. The smallest absolute Gasteiger partial charge is 0.262 e.